The molecule has 16 aliphatic carbocycles. The van der Waals surface area contributed by atoms with E-state index in [9.17, 15) is 0 Å². The summed E-state index contributed by atoms with van der Waals surface area (Å²) >= 11 is 0. The van der Waals surface area contributed by atoms with E-state index in [-0.39, 0.29) is 15.8 Å². The first-order valence-corrected chi connectivity index (χ1v) is 25.3. The Hall–Kier alpha value is 0.860. The largest absolute Gasteiger partial charge is 0.0916 e. The van der Waals surface area contributed by atoms with Crippen molar-refractivity contribution in [2.75, 3.05) is 0 Å². The van der Waals surface area contributed by atoms with Crippen molar-refractivity contribution in [3.63, 3.8) is 0 Å². The maximum absolute atomic E-state index is 2.69. The highest BCUT2D eigenvalue weighted by molar-refractivity contribution is 7.77. The van der Waals surface area contributed by atoms with Crippen molar-refractivity contribution in [2.24, 2.45) is 94.7 Å². The van der Waals surface area contributed by atoms with E-state index in [2.05, 4.69) is 6.92 Å². The highest BCUT2D eigenvalue weighted by Gasteiger charge is 2.63. The first-order valence-electron chi connectivity index (χ1n) is 22.2. The van der Waals surface area contributed by atoms with Crippen LogP contribution in [0.4, 0.5) is 0 Å². The van der Waals surface area contributed by atoms with Crippen LogP contribution in [0.25, 0.3) is 0 Å². The standard InChI is InChI=1S/C44H68P2/c1-2-3-40(45(41-32-8-24-4-25(10-32)11-33(41)9-24)42-34-12-26-5-27(14-34)15-35(42)13-26)46(43-36-16-28-6-29(18-36)19-37(43)17-28)44-38-20-30-7-31(22-38)23-39(44)21-30/h24-44H,2-23H2,1H3. The van der Waals surface area contributed by atoms with E-state index in [4.69, 9.17) is 0 Å². The van der Waals surface area contributed by atoms with Gasteiger partial charge in [-0.1, -0.05) is 29.2 Å². The summed E-state index contributed by atoms with van der Waals surface area (Å²) in [6.07, 6.45) is 37.1. The molecule has 0 N–H and O–H groups in total. The van der Waals surface area contributed by atoms with Crippen LogP contribution in [0.5, 0.6) is 0 Å². The molecule has 2 heteroatoms. The summed E-state index contributed by atoms with van der Waals surface area (Å²) < 4.78 is 0. The van der Waals surface area contributed by atoms with Gasteiger partial charge in [0.05, 0.1) is 0 Å². The van der Waals surface area contributed by atoms with E-state index < -0.39 is 0 Å². The Morgan fingerprint density at radius 3 is 0.696 bits per heavy atom. The molecule has 0 unspecified atom stereocenters. The van der Waals surface area contributed by atoms with E-state index in [1.54, 1.807) is 135 Å². The predicted octanol–water partition coefficient (Wildman–Crippen LogP) is 12.4. The molecule has 0 aromatic heterocycles. The minimum absolute atomic E-state index is 0.172. The lowest BCUT2D eigenvalue weighted by Crippen LogP contribution is -2.56. The lowest BCUT2D eigenvalue weighted by atomic mass is 9.55. The molecule has 0 nitrogen and oxygen atoms in total. The molecule has 0 aliphatic heterocycles. The fourth-order valence-electron chi connectivity index (χ4n) is 19.4. The molecular formula is C44H68P2. The highest BCUT2D eigenvalue weighted by atomic mass is 31.2. The Balaban J connectivity index is 1.00. The normalized spacial score (nSPS) is 61.5. The second-order valence-electron chi connectivity index (χ2n) is 21.8. The number of rotatable bonds is 8. The maximum Gasteiger partial charge on any atom is 0.000475 e. The van der Waals surface area contributed by atoms with Crippen molar-refractivity contribution < 1.29 is 0 Å². The van der Waals surface area contributed by atoms with Gasteiger partial charge in [-0.2, -0.15) is 0 Å². The third-order valence-electron chi connectivity index (χ3n) is 19.3. The average molecular weight is 659 g/mol. The lowest BCUT2D eigenvalue weighted by Gasteiger charge is -2.67. The van der Waals surface area contributed by atoms with Gasteiger partial charge < -0.3 is 0 Å². The second kappa shape index (κ2) is 10.9. The van der Waals surface area contributed by atoms with Gasteiger partial charge in [-0.25, -0.2) is 0 Å². The van der Waals surface area contributed by atoms with Crippen LogP contribution in [0.15, 0.2) is 0 Å². The molecule has 0 heterocycles. The molecule has 254 valence electrons. The average Bonchev–Trinajstić information content (AvgIpc) is 3.00. The smallest absolute Gasteiger partial charge is 0.000475 e. The van der Waals surface area contributed by atoms with Crippen LogP contribution in [0, 0.1) is 94.7 Å². The summed E-state index contributed by atoms with van der Waals surface area (Å²) in [4.78, 5) is 0. The Kier molecular flexibility index (Phi) is 7.00. The van der Waals surface area contributed by atoms with Crippen LogP contribution >= 0.6 is 15.8 Å². The summed E-state index contributed by atoms with van der Waals surface area (Å²) in [5.41, 5.74) is 4.95. The molecule has 0 radical (unpaired) electrons. The fourth-order valence-corrected chi connectivity index (χ4v) is 31.9. The monoisotopic (exact) mass is 658 g/mol. The summed E-state index contributed by atoms with van der Waals surface area (Å²) in [6.45, 7) is 2.69. The van der Waals surface area contributed by atoms with Gasteiger partial charge >= 0.3 is 0 Å². The van der Waals surface area contributed by atoms with Crippen molar-refractivity contribution in [1.82, 2.24) is 0 Å². The zero-order chi connectivity index (χ0) is 29.8. The van der Waals surface area contributed by atoms with Crippen LogP contribution in [0.3, 0.4) is 0 Å². The van der Waals surface area contributed by atoms with Crippen molar-refractivity contribution in [3.05, 3.63) is 0 Å². The molecule has 16 fully saturated rings. The van der Waals surface area contributed by atoms with Crippen LogP contribution in [-0.4, -0.2) is 28.0 Å². The van der Waals surface area contributed by atoms with Crippen LogP contribution in [0.1, 0.15) is 148 Å². The van der Waals surface area contributed by atoms with Crippen LogP contribution < -0.4 is 0 Å². The van der Waals surface area contributed by atoms with Crippen molar-refractivity contribution in [3.8, 4) is 0 Å². The summed E-state index contributed by atoms with van der Waals surface area (Å²) in [7, 11) is 0.345. The molecule has 16 bridgehead atoms. The van der Waals surface area contributed by atoms with Crippen molar-refractivity contribution >= 4 is 15.8 Å². The molecule has 46 heavy (non-hydrogen) atoms. The van der Waals surface area contributed by atoms with Crippen molar-refractivity contribution in [2.45, 2.75) is 176 Å². The zero-order valence-electron chi connectivity index (χ0n) is 29.6. The molecule has 0 atom stereocenters. The third kappa shape index (κ3) is 4.41. The minimum atomic E-state index is 0.172. The molecule has 0 aromatic carbocycles. The molecule has 0 amide bonds. The van der Waals surface area contributed by atoms with Gasteiger partial charge in [0.25, 0.3) is 0 Å². The SMILES string of the molecule is CCCC(P(C1C2CC3CC(C2)CC1C3)C1C2CC3CC(C2)CC1C3)P(C1C2CC3CC(C2)CC1C3)C1C2CC3CC(C2)CC1C3. The minimum Gasteiger partial charge on any atom is -0.0916 e. The summed E-state index contributed by atoms with van der Waals surface area (Å²) in [5.74, 6) is 18.8. The fraction of sp³-hybridized carbons (Fsp3) is 1.00. The summed E-state index contributed by atoms with van der Waals surface area (Å²) in [6, 6.07) is 0. The Bertz CT molecular complexity index is 904. The van der Waals surface area contributed by atoms with Gasteiger partial charge in [0.2, 0.25) is 0 Å². The van der Waals surface area contributed by atoms with Crippen LogP contribution in [-0.2, 0) is 0 Å². The zero-order valence-corrected chi connectivity index (χ0v) is 31.4. The van der Waals surface area contributed by atoms with Gasteiger partial charge in [-0.3, -0.25) is 0 Å². The third-order valence-corrected chi connectivity index (χ3v) is 28.9. The second-order valence-corrected chi connectivity index (χ2v) is 27.7. The Morgan fingerprint density at radius 1 is 0.326 bits per heavy atom. The van der Waals surface area contributed by atoms with Gasteiger partial charge in [0, 0.05) is 5.40 Å². The van der Waals surface area contributed by atoms with Gasteiger partial charge in [-0.05, 0) is 252 Å². The van der Waals surface area contributed by atoms with Gasteiger partial charge in [0.15, 0.2) is 0 Å². The Morgan fingerprint density at radius 2 is 0.522 bits per heavy atom. The highest BCUT2D eigenvalue weighted by Crippen LogP contribution is 2.82. The number of hydrogen-bond acceptors (Lipinski definition) is 0. The number of hydrogen-bond donors (Lipinski definition) is 0. The Labute approximate surface area is 285 Å². The molecule has 16 saturated carbocycles. The van der Waals surface area contributed by atoms with E-state index in [1.165, 1.54) is 81.8 Å². The molecular weight excluding hydrogens is 590 g/mol. The van der Waals surface area contributed by atoms with E-state index in [0.717, 1.165) is 47.3 Å². The van der Waals surface area contributed by atoms with Gasteiger partial charge in [0.1, 0.15) is 0 Å². The predicted molar refractivity (Wildman–Crippen MR) is 196 cm³/mol. The topological polar surface area (TPSA) is 0 Å². The van der Waals surface area contributed by atoms with E-state index >= 15 is 0 Å². The molecule has 16 aliphatic rings. The quantitative estimate of drug-likeness (QED) is 0.228. The maximum atomic E-state index is 2.69. The van der Waals surface area contributed by atoms with E-state index in [1.807, 2.05) is 0 Å². The lowest BCUT2D eigenvalue weighted by molar-refractivity contribution is 0.0110. The molecule has 0 aromatic rings. The van der Waals surface area contributed by atoms with E-state index in [0.29, 0.717) is 0 Å². The first kappa shape index (κ1) is 29.4. The van der Waals surface area contributed by atoms with Crippen molar-refractivity contribution in [1.29, 1.82) is 0 Å². The van der Waals surface area contributed by atoms with Gasteiger partial charge in [-0.15, -0.1) is 0 Å². The summed E-state index contributed by atoms with van der Waals surface area (Å²) in [5, 5.41) is 1.24. The molecule has 0 spiro atoms. The molecule has 0 saturated heterocycles. The van der Waals surface area contributed by atoms with Crippen LogP contribution in [0.2, 0.25) is 0 Å². The first-order chi connectivity index (χ1) is 22.6. The molecule has 16 rings (SSSR count).